The molecule has 0 aromatic carbocycles. The molecule has 9 N–H and O–H groups in total. The van der Waals surface area contributed by atoms with E-state index in [4.69, 9.17) is 21.1 Å². The summed E-state index contributed by atoms with van der Waals surface area (Å²) in [5.74, 6) is -2.75. The lowest BCUT2D eigenvalue weighted by Crippen LogP contribution is -2.31. The number of carboxylic acids is 3. The molecule has 0 rings (SSSR count). The minimum absolute atomic E-state index is 0.190. The molecule has 0 aliphatic rings. The van der Waals surface area contributed by atoms with E-state index in [0.717, 1.165) is 0 Å². The Kier molecular flexibility index (Phi) is 18.1. The number of thiol groups is 1. The number of hydrogen-bond donors (Lipinski definition) is 7. The Morgan fingerprint density at radius 3 is 1.24 bits per heavy atom. The fourth-order valence-electron chi connectivity index (χ4n) is 0.0781. The Bertz CT molecular complexity index is 224. The van der Waals surface area contributed by atoms with Crippen molar-refractivity contribution in [2.24, 2.45) is 17.2 Å². The molecule has 0 aliphatic carbocycles. The van der Waals surface area contributed by atoms with Crippen LogP contribution < -0.4 is 17.2 Å². The summed E-state index contributed by atoms with van der Waals surface area (Å²) in [6, 6.07) is -0.816. The van der Waals surface area contributed by atoms with Crippen LogP contribution in [0.2, 0.25) is 0 Å². The van der Waals surface area contributed by atoms with Gasteiger partial charge in [0.2, 0.25) is 0 Å². The van der Waals surface area contributed by atoms with Gasteiger partial charge >= 0.3 is 17.9 Å². The van der Waals surface area contributed by atoms with E-state index in [1.165, 1.54) is 0 Å². The number of aliphatic carboxylic acids is 3. The lowest BCUT2D eigenvalue weighted by atomic mass is 10.4. The second-order valence-electron chi connectivity index (χ2n) is 2.32. The number of hydrogen-bond acceptors (Lipinski definition) is 7. The standard InChI is InChI=1S/C3H7NO2S.2C2H5NO2/c4-2(1-7)3(5)6;2*3-1-2(4)5/h2,7H,1,4H2,(H,5,6);2*1,3H2,(H,4,5)/t2-;;/m0../s1. The van der Waals surface area contributed by atoms with Gasteiger partial charge in [-0.3, -0.25) is 14.4 Å². The second-order valence-corrected chi connectivity index (χ2v) is 2.69. The van der Waals surface area contributed by atoms with Gasteiger partial charge in [0, 0.05) is 5.75 Å². The molecule has 0 aliphatic heterocycles. The molecule has 0 spiro atoms. The molecule has 0 aromatic heterocycles. The molecule has 0 saturated heterocycles. The normalized spacial score (nSPS) is 9.88. The third kappa shape index (κ3) is 31.3. The van der Waals surface area contributed by atoms with Gasteiger partial charge in [-0.05, 0) is 0 Å². The van der Waals surface area contributed by atoms with E-state index in [9.17, 15) is 14.4 Å². The van der Waals surface area contributed by atoms with Crippen LogP contribution in [0, 0.1) is 0 Å². The maximum Gasteiger partial charge on any atom is 0.321 e. The van der Waals surface area contributed by atoms with Crippen molar-refractivity contribution in [3.8, 4) is 0 Å². The average Bonchev–Trinajstić information content (AvgIpc) is 2.29. The number of carbonyl (C=O) groups is 3. The molecule has 0 aromatic rings. The molecule has 9 nitrogen and oxygen atoms in total. The van der Waals surface area contributed by atoms with Crippen molar-refractivity contribution < 1.29 is 29.7 Å². The molecular weight excluding hydrogens is 254 g/mol. The number of nitrogens with two attached hydrogens (primary N) is 3. The Labute approximate surface area is 103 Å². The first kappa shape index (κ1) is 21.0. The van der Waals surface area contributed by atoms with Gasteiger partial charge < -0.3 is 32.5 Å². The second kappa shape index (κ2) is 14.6. The largest absolute Gasteiger partial charge is 0.480 e. The van der Waals surface area contributed by atoms with E-state index in [2.05, 4.69) is 24.1 Å². The highest BCUT2D eigenvalue weighted by Gasteiger charge is 2.06. The van der Waals surface area contributed by atoms with Crippen molar-refractivity contribution in [1.82, 2.24) is 0 Å². The quantitative estimate of drug-likeness (QED) is 0.268. The zero-order valence-corrected chi connectivity index (χ0v) is 9.84. The minimum atomic E-state index is -1.00. The SMILES string of the molecule is NCC(=O)O.NCC(=O)O.N[C@@H](CS)C(=O)O. The van der Waals surface area contributed by atoms with Gasteiger partial charge in [-0.25, -0.2) is 0 Å². The maximum absolute atomic E-state index is 9.76. The number of carboxylic acid groups (broad SMARTS) is 3. The minimum Gasteiger partial charge on any atom is -0.480 e. The summed E-state index contributed by atoms with van der Waals surface area (Å²) in [6.45, 7) is -0.556. The van der Waals surface area contributed by atoms with Gasteiger partial charge in [-0.2, -0.15) is 12.6 Å². The predicted octanol–water partition coefficient (Wildman–Crippen LogP) is -2.61. The molecule has 1 atom stereocenters. The zero-order chi connectivity index (χ0) is 14.4. The molecule has 102 valence electrons. The first-order chi connectivity index (χ1) is 7.72. The Balaban J connectivity index is -0.000000177. The lowest BCUT2D eigenvalue weighted by molar-refractivity contribution is -0.138. The van der Waals surface area contributed by atoms with Crippen LogP contribution in [0.3, 0.4) is 0 Å². The smallest absolute Gasteiger partial charge is 0.321 e. The van der Waals surface area contributed by atoms with Crippen molar-refractivity contribution in [2.75, 3.05) is 18.8 Å². The van der Waals surface area contributed by atoms with Crippen LogP contribution in [0.1, 0.15) is 0 Å². The monoisotopic (exact) mass is 271 g/mol. The molecule has 17 heavy (non-hydrogen) atoms. The van der Waals surface area contributed by atoms with Gasteiger partial charge in [-0.15, -0.1) is 0 Å². The topological polar surface area (TPSA) is 190 Å². The molecular formula is C7H17N3O6S. The molecule has 0 fully saturated rings. The highest BCUT2D eigenvalue weighted by molar-refractivity contribution is 7.80. The van der Waals surface area contributed by atoms with Gasteiger partial charge in [-0.1, -0.05) is 0 Å². The van der Waals surface area contributed by atoms with E-state index < -0.39 is 23.9 Å². The van der Waals surface area contributed by atoms with E-state index >= 15 is 0 Å². The van der Waals surface area contributed by atoms with E-state index in [1.807, 2.05) is 0 Å². The maximum atomic E-state index is 9.76. The van der Waals surface area contributed by atoms with Crippen molar-refractivity contribution in [3.05, 3.63) is 0 Å². The Morgan fingerprint density at radius 2 is 1.24 bits per heavy atom. The lowest BCUT2D eigenvalue weighted by Gasteiger charge is -1.96. The number of rotatable bonds is 4. The van der Waals surface area contributed by atoms with Crippen molar-refractivity contribution in [3.63, 3.8) is 0 Å². The van der Waals surface area contributed by atoms with Gasteiger partial charge in [0.05, 0.1) is 13.1 Å². The summed E-state index contributed by atoms with van der Waals surface area (Å²) in [6.07, 6.45) is 0. The summed E-state index contributed by atoms with van der Waals surface area (Å²) in [5, 5.41) is 23.2. The van der Waals surface area contributed by atoms with Crippen LogP contribution in [0.25, 0.3) is 0 Å². The molecule has 0 unspecified atom stereocenters. The van der Waals surface area contributed by atoms with Crippen LogP contribution in [0.5, 0.6) is 0 Å². The van der Waals surface area contributed by atoms with Gasteiger partial charge in [0.25, 0.3) is 0 Å². The first-order valence-electron chi connectivity index (χ1n) is 4.15. The fourth-order valence-corrected chi connectivity index (χ4v) is 0.234. The van der Waals surface area contributed by atoms with Gasteiger partial charge in [0.15, 0.2) is 0 Å². The molecule has 0 bridgehead atoms. The Hall–Kier alpha value is -1.36. The summed E-state index contributed by atoms with van der Waals surface area (Å²) < 4.78 is 0. The summed E-state index contributed by atoms with van der Waals surface area (Å²) in [4.78, 5) is 28.2. The summed E-state index contributed by atoms with van der Waals surface area (Å²) >= 11 is 3.65. The van der Waals surface area contributed by atoms with Crippen molar-refractivity contribution >= 4 is 30.5 Å². The van der Waals surface area contributed by atoms with E-state index in [-0.39, 0.29) is 18.8 Å². The molecule has 10 heteroatoms. The van der Waals surface area contributed by atoms with E-state index in [1.54, 1.807) is 0 Å². The first-order valence-corrected chi connectivity index (χ1v) is 4.79. The highest BCUT2D eigenvalue weighted by atomic mass is 32.1. The average molecular weight is 271 g/mol. The van der Waals surface area contributed by atoms with Crippen LogP contribution in [0.15, 0.2) is 0 Å². The fraction of sp³-hybridized carbons (Fsp3) is 0.571. The van der Waals surface area contributed by atoms with Crippen LogP contribution >= 0.6 is 12.6 Å². The van der Waals surface area contributed by atoms with Crippen LogP contribution in [-0.4, -0.2) is 58.1 Å². The van der Waals surface area contributed by atoms with Crippen molar-refractivity contribution in [1.29, 1.82) is 0 Å². The third-order valence-corrected chi connectivity index (χ3v) is 1.26. The molecule has 0 heterocycles. The van der Waals surface area contributed by atoms with Crippen LogP contribution in [-0.2, 0) is 14.4 Å². The molecule has 0 amide bonds. The summed E-state index contributed by atoms with van der Waals surface area (Å²) in [5.41, 5.74) is 14.1. The van der Waals surface area contributed by atoms with Crippen LogP contribution in [0.4, 0.5) is 0 Å². The zero-order valence-electron chi connectivity index (χ0n) is 8.94. The third-order valence-electron chi connectivity index (χ3n) is 0.863. The highest BCUT2D eigenvalue weighted by Crippen LogP contribution is 1.80. The molecule has 0 radical (unpaired) electrons. The Morgan fingerprint density at radius 1 is 1.00 bits per heavy atom. The summed E-state index contributed by atoms with van der Waals surface area (Å²) in [7, 11) is 0. The van der Waals surface area contributed by atoms with E-state index in [0.29, 0.717) is 0 Å². The molecule has 0 saturated carbocycles. The van der Waals surface area contributed by atoms with Crippen molar-refractivity contribution in [2.45, 2.75) is 6.04 Å². The van der Waals surface area contributed by atoms with Gasteiger partial charge in [0.1, 0.15) is 6.04 Å². The predicted molar refractivity (Wildman–Crippen MR) is 62.8 cm³/mol.